The van der Waals surface area contributed by atoms with E-state index in [-0.39, 0.29) is 0 Å². The number of nitrogens with zero attached hydrogens (tertiary/aromatic N) is 2. The smallest absolute Gasteiger partial charge is 0.0452 e. The van der Waals surface area contributed by atoms with Gasteiger partial charge in [0.1, 0.15) is 0 Å². The molecule has 0 aliphatic carbocycles. The molecule has 0 radical (unpaired) electrons. The highest BCUT2D eigenvalue weighted by molar-refractivity contribution is 5.70. The highest BCUT2D eigenvalue weighted by Crippen LogP contribution is 2.22. The van der Waals surface area contributed by atoms with Crippen molar-refractivity contribution in [1.29, 1.82) is 0 Å². The molecule has 108 valence electrons. The van der Waals surface area contributed by atoms with Crippen LogP contribution < -0.4 is 5.32 Å². The van der Waals surface area contributed by atoms with Crippen LogP contribution in [0.3, 0.4) is 0 Å². The van der Waals surface area contributed by atoms with Crippen LogP contribution in [0.5, 0.6) is 0 Å². The zero-order valence-corrected chi connectivity index (χ0v) is 12.5. The minimum absolute atomic E-state index is 0.464. The molecule has 1 unspecified atom stereocenters. The summed E-state index contributed by atoms with van der Waals surface area (Å²) in [4.78, 5) is 6.35. The SMILES string of the molecule is CN=C/C=C\CCc1ccccc1C1CN(C)CCN1. The van der Waals surface area contributed by atoms with Gasteiger partial charge in [-0.3, -0.25) is 4.99 Å². The van der Waals surface area contributed by atoms with E-state index in [2.05, 4.69) is 52.6 Å². The maximum atomic E-state index is 3.95. The number of piperazine rings is 1. The van der Waals surface area contributed by atoms with Crippen molar-refractivity contribution in [1.82, 2.24) is 10.2 Å². The van der Waals surface area contributed by atoms with Gasteiger partial charge in [0, 0.05) is 38.9 Å². The van der Waals surface area contributed by atoms with E-state index in [1.54, 1.807) is 7.05 Å². The minimum atomic E-state index is 0.464. The quantitative estimate of drug-likeness (QED) is 0.833. The Hall–Kier alpha value is -1.45. The zero-order chi connectivity index (χ0) is 14.2. The molecule has 1 aromatic carbocycles. The summed E-state index contributed by atoms with van der Waals surface area (Å²) in [5, 5.41) is 3.64. The summed E-state index contributed by atoms with van der Waals surface area (Å²) >= 11 is 0. The van der Waals surface area contributed by atoms with Gasteiger partial charge < -0.3 is 10.2 Å². The van der Waals surface area contributed by atoms with Crippen LogP contribution >= 0.6 is 0 Å². The monoisotopic (exact) mass is 271 g/mol. The predicted octanol–water partition coefficient (Wildman–Crippen LogP) is 2.45. The van der Waals surface area contributed by atoms with Crippen molar-refractivity contribution >= 4 is 6.21 Å². The molecule has 1 atom stereocenters. The van der Waals surface area contributed by atoms with Crippen molar-refractivity contribution in [2.45, 2.75) is 18.9 Å². The molecule has 3 heteroatoms. The molecule has 1 aromatic rings. The number of hydrogen-bond donors (Lipinski definition) is 1. The summed E-state index contributed by atoms with van der Waals surface area (Å²) in [6.45, 7) is 3.30. The van der Waals surface area contributed by atoms with Gasteiger partial charge in [0.05, 0.1) is 0 Å². The Morgan fingerprint density at radius 2 is 2.25 bits per heavy atom. The first-order valence-corrected chi connectivity index (χ1v) is 7.38. The van der Waals surface area contributed by atoms with Gasteiger partial charge in [-0.05, 0) is 37.1 Å². The molecule has 2 rings (SSSR count). The molecule has 1 aliphatic heterocycles. The predicted molar refractivity (Wildman–Crippen MR) is 86.6 cm³/mol. The van der Waals surface area contributed by atoms with Gasteiger partial charge in [0.15, 0.2) is 0 Å². The molecular formula is C17H25N3. The molecular weight excluding hydrogens is 246 g/mol. The van der Waals surface area contributed by atoms with E-state index in [9.17, 15) is 0 Å². The second kappa shape index (κ2) is 7.98. The summed E-state index contributed by atoms with van der Waals surface area (Å²) in [6, 6.07) is 9.28. The fourth-order valence-electron chi connectivity index (χ4n) is 2.69. The van der Waals surface area contributed by atoms with Crippen molar-refractivity contribution in [2.75, 3.05) is 33.7 Å². The Morgan fingerprint density at radius 3 is 3.05 bits per heavy atom. The van der Waals surface area contributed by atoms with Gasteiger partial charge in [-0.2, -0.15) is 0 Å². The van der Waals surface area contributed by atoms with Gasteiger partial charge in [-0.15, -0.1) is 0 Å². The molecule has 0 amide bonds. The number of likely N-dealkylation sites (N-methyl/N-ethyl adjacent to an activating group) is 1. The van der Waals surface area contributed by atoms with Crippen LogP contribution in [0, 0.1) is 0 Å². The lowest BCUT2D eigenvalue weighted by Gasteiger charge is -2.32. The molecule has 0 spiro atoms. The van der Waals surface area contributed by atoms with Gasteiger partial charge >= 0.3 is 0 Å². The number of aliphatic imine (C=N–C) groups is 1. The van der Waals surface area contributed by atoms with Gasteiger partial charge in [0.25, 0.3) is 0 Å². The van der Waals surface area contributed by atoms with Crippen LogP contribution in [0.1, 0.15) is 23.6 Å². The first-order valence-electron chi connectivity index (χ1n) is 7.38. The van der Waals surface area contributed by atoms with Gasteiger partial charge in [0.2, 0.25) is 0 Å². The highest BCUT2D eigenvalue weighted by Gasteiger charge is 2.19. The fraction of sp³-hybridized carbons (Fsp3) is 0.471. The maximum Gasteiger partial charge on any atom is 0.0452 e. The summed E-state index contributed by atoms with van der Waals surface area (Å²) < 4.78 is 0. The third-order valence-electron chi connectivity index (χ3n) is 3.76. The molecule has 3 nitrogen and oxygen atoms in total. The molecule has 0 aromatic heterocycles. The third-order valence-corrected chi connectivity index (χ3v) is 3.76. The van der Waals surface area contributed by atoms with E-state index in [1.807, 2.05) is 12.3 Å². The number of benzene rings is 1. The van der Waals surface area contributed by atoms with E-state index in [1.165, 1.54) is 11.1 Å². The van der Waals surface area contributed by atoms with Crippen molar-refractivity contribution in [2.24, 2.45) is 4.99 Å². The fourth-order valence-corrected chi connectivity index (χ4v) is 2.69. The number of rotatable bonds is 5. The van der Waals surface area contributed by atoms with Crippen LogP contribution in [-0.4, -0.2) is 44.8 Å². The number of hydrogen-bond acceptors (Lipinski definition) is 3. The molecule has 0 bridgehead atoms. The highest BCUT2D eigenvalue weighted by atomic mass is 15.2. The first kappa shape index (κ1) is 14.9. The van der Waals surface area contributed by atoms with Crippen LogP contribution in [0.15, 0.2) is 41.4 Å². The summed E-state index contributed by atoms with van der Waals surface area (Å²) in [6.07, 6.45) is 8.20. The van der Waals surface area contributed by atoms with Crippen molar-refractivity contribution in [3.63, 3.8) is 0 Å². The third kappa shape index (κ3) is 4.29. The zero-order valence-electron chi connectivity index (χ0n) is 12.5. The number of allylic oxidation sites excluding steroid dienone is 2. The normalized spacial score (nSPS) is 21.0. The summed E-state index contributed by atoms with van der Waals surface area (Å²) in [5.74, 6) is 0. The average molecular weight is 271 g/mol. The Kier molecular flexibility index (Phi) is 5.96. The topological polar surface area (TPSA) is 27.6 Å². The van der Waals surface area contributed by atoms with E-state index in [0.717, 1.165) is 32.5 Å². The summed E-state index contributed by atoms with van der Waals surface area (Å²) in [5.41, 5.74) is 2.91. The van der Waals surface area contributed by atoms with Crippen LogP contribution in [0.25, 0.3) is 0 Å². The van der Waals surface area contributed by atoms with Crippen LogP contribution in [0.4, 0.5) is 0 Å². The molecule has 1 saturated heterocycles. The molecule has 1 aliphatic rings. The first-order chi connectivity index (χ1) is 9.81. The van der Waals surface area contributed by atoms with Gasteiger partial charge in [-0.25, -0.2) is 0 Å². The average Bonchev–Trinajstić information content (AvgIpc) is 2.47. The number of aryl methyl sites for hydroxylation is 1. The lowest BCUT2D eigenvalue weighted by atomic mass is 9.95. The Balaban J connectivity index is 2.02. The standard InChI is InChI=1S/C17H25N3/c1-18-11-7-3-4-8-15-9-5-6-10-16(15)17-14-20(2)13-12-19-17/h3,5-7,9-11,17,19H,4,8,12-14H2,1-2H3/b7-3-,18-11?. The Labute approximate surface area is 122 Å². The second-order valence-corrected chi connectivity index (χ2v) is 5.34. The lowest BCUT2D eigenvalue weighted by Crippen LogP contribution is -2.44. The largest absolute Gasteiger partial charge is 0.308 e. The Morgan fingerprint density at radius 1 is 1.40 bits per heavy atom. The Bertz CT molecular complexity index is 465. The van der Waals surface area contributed by atoms with E-state index >= 15 is 0 Å². The lowest BCUT2D eigenvalue weighted by molar-refractivity contribution is 0.240. The van der Waals surface area contributed by atoms with Crippen molar-refractivity contribution in [3.8, 4) is 0 Å². The minimum Gasteiger partial charge on any atom is -0.308 e. The van der Waals surface area contributed by atoms with Crippen molar-refractivity contribution < 1.29 is 0 Å². The summed E-state index contributed by atoms with van der Waals surface area (Å²) in [7, 11) is 3.99. The molecule has 0 saturated carbocycles. The van der Waals surface area contributed by atoms with E-state index in [4.69, 9.17) is 0 Å². The van der Waals surface area contributed by atoms with Crippen molar-refractivity contribution in [3.05, 3.63) is 47.5 Å². The molecule has 20 heavy (non-hydrogen) atoms. The van der Waals surface area contributed by atoms with Crippen LogP contribution in [-0.2, 0) is 6.42 Å². The van der Waals surface area contributed by atoms with Gasteiger partial charge in [-0.1, -0.05) is 30.3 Å². The molecule has 1 fully saturated rings. The van der Waals surface area contributed by atoms with Crippen LogP contribution in [0.2, 0.25) is 0 Å². The van der Waals surface area contributed by atoms with E-state index in [0.29, 0.717) is 6.04 Å². The van der Waals surface area contributed by atoms with E-state index < -0.39 is 0 Å². The maximum absolute atomic E-state index is 3.95. The molecule has 1 N–H and O–H groups in total. The second-order valence-electron chi connectivity index (χ2n) is 5.34. The molecule has 1 heterocycles. The number of nitrogens with one attached hydrogen (secondary N) is 1.